The number of rotatable bonds is 4. The zero-order valence-electron chi connectivity index (χ0n) is 14.2. The van der Waals surface area contributed by atoms with Crippen molar-refractivity contribution in [1.29, 1.82) is 0 Å². The predicted molar refractivity (Wildman–Crippen MR) is 95.5 cm³/mol. The first-order valence-electron chi connectivity index (χ1n) is 8.40. The van der Waals surface area contributed by atoms with E-state index >= 15 is 0 Å². The Labute approximate surface area is 146 Å². The highest BCUT2D eigenvalue weighted by atomic mass is 16.6. The topological polar surface area (TPSA) is 83.6 Å². The molecule has 0 unspecified atom stereocenters. The van der Waals surface area contributed by atoms with E-state index in [4.69, 9.17) is 4.74 Å². The number of anilines is 1. The van der Waals surface area contributed by atoms with Gasteiger partial charge >= 0.3 is 6.09 Å². The smallest absolute Gasteiger partial charge is 0.407 e. The van der Waals surface area contributed by atoms with Crippen LogP contribution in [0.1, 0.15) is 12.8 Å². The number of hydrogen-bond acceptors (Lipinski definition) is 5. The predicted octanol–water partition coefficient (Wildman–Crippen LogP) is 1.68. The molecule has 0 radical (unpaired) electrons. The zero-order valence-corrected chi connectivity index (χ0v) is 14.2. The standard InChI is InChI=1S/C18H22N4O3/c1-19-16(23)12-25-18(24)21-14-7-10-22(11-8-14)17-15-5-3-2-4-13(15)6-9-20-17/h2-6,9,14H,7-8,10-12H2,1H3,(H,19,23)(H,21,24). The van der Waals surface area contributed by atoms with E-state index in [1.165, 1.54) is 12.4 Å². The third-order valence-corrected chi connectivity index (χ3v) is 4.38. The molecule has 0 atom stereocenters. The summed E-state index contributed by atoms with van der Waals surface area (Å²) in [4.78, 5) is 29.6. The summed E-state index contributed by atoms with van der Waals surface area (Å²) < 4.78 is 4.88. The van der Waals surface area contributed by atoms with Crippen molar-refractivity contribution < 1.29 is 14.3 Å². The fourth-order valence-corrected chi connectivity index (χ4v) is 3.00. The van der Waals surface area contributed by atoms with Crippen molar-refractivity contribution >= 4 is 28.6 Å². The van der Waals surface area contributed by atoms with E-state index in [0.29, 0.717) is 0 Å². The molecule has 2 heterocycles. The Balaban J connectivity index is 1.55. The molecule has 1 aliphatic rings. The number of alkyl carbamates (subject to hydrolysis) is 1. The molecule has 1 fully saturated rings. The van der Waals surface area contributed by atoms with Crippen molar-refractivity contribution in [2.75, 3.05) is 31.6 Å². The highest BCUT2D eigenvalue weighted by Gasteiger charge is 2.23. The van der Waals surface area contributed by atoms with Crippen molar-refractivity contribution in [3.05, 3.63) is 36.5 Å². The number of amides is 2. The summed E-state index contributed by atoms with van der Waals surface area (Å²) in [5, 5.41) is 7.54. The average Bonchev–Trinajstić information content (AvgIpc) is 2.66. The van der Waals surface area contributed by atoms with Crippen LogP contribution >= 0.6 is 0 Å². The van der Waals surface area contributed by atoms with Crippen LogP contribution in [-0.4, -0.2) is 49.8 Å². The fourth-order valence-electron chi connectivity index (χ4n) is 3.00. The summed E-state index contributed by atoms with van der Waals surface area (Å²) in [6, 6.07) is 10.3. The Morgan fingerprint density at radius 2 is 2.00 bits per heavy atom. The second kappa shape index (κ2) is 7.83. The third kappa shape index (κ3) is 4.17. The summed E-state index contributed by atoms with van der Waals surface area (Å²) in [5.41, 5.74) is 0. The molecule has 1 aromatic carbocycles. The number of piperidine rings is 1. The number of likely N-dealkylation sites (N-methyl/N-ethyl adjacent to an activating group) is 1. The van der Waals surface area contributed by atoms with E-state index in [0.717, 1.165) is 37.1 Å². The number of pyridine rings is 1. The van der Waals surface area contributed by atoms with Crippen LogP contribution < -0.4 is 15.5 Å². The van der Waals surface area contributed by atoms with E-state index in [2.05, 4.69) is 32.7 Å². The monoisotopic (exact) mass is 342 g/mol. The van der Waals surface area contributed by atoms with Crippen LogP contribution in [0, 0.1) is 0 Å². The average molecular weight is 342 g/mol. The molecule has 0 bridgehead atoms. The van der Waals surface area contributed by atoms with Crippen LogP contribution in [0.5, 0.6) is 0 Å². The lowest BCUT2D eigenvalue weighted by atomic mass is 10.0. The molecule has 7 heteroatoms. The lowest BCUT2D eigenvalue weighted by molar-refractivity contribution is -0.123. The zero-order chi connectivity index (χ0) is 17.6. The Morgan fingerprint density at radius 3 is 2.76 bits per heavy atom. The minimum atomic E-state index is -0.551. The van der Waals surface area contributed by atoms with Gasteiger partial charge in [0, 0.05) is 37.8 Å². The van der Waals surface area contributed by atoms with Crippen molar-refractivity contribution in [3.8, 4) is 0 Å². The van der Waals surface area contributed by atoms with E-state index in [9.17, 15) is 9.59 Å². The minimum absolute atomic E-state index is 0.0448. The SMILES string of the molecule is CNC(=O)COC(=O)NC1CCN(c2nccc3ccccc23)CC1. The maximum Gasteiger partial charge on any atom is 0.407 e. The van der Waals surface area contributed by atoms with Gasteiger partial charge < -0.3 is 20.3 Å². The van der Waals surface area contributed by atoms with E-state index in [1.807, 2.05) is 24.4 Å². The molecule has 2 N–H and O–H groups in total. The molecule has 1 aliphatic heterocycles. The second-order valence-electron chi connectivity index (χ2n) is 6.01. The summed E-state index contributed by atoms with van der Waals surface area (Å²) >= 11 is 0. The Bertz CT molecular complexity index is 752. The van der Waals surface area contributed by atoms with Gasteiger partial charge in [0.1, 0.15) is 5.82 Å². The Hall–Kier alpha value is -2.83. The van der Waals surface area contributed by atoms with Crippen LogP contribution in [0.25, 0.3) is 10.8 Å². The first-order valence-corrected chi connectivity index (χ1v) is 8.40. The number of nitrogens with zero attached hydrogens (tertiary/aromatic N) is 2. The van der Waals surface area contributed by atoms with Crippen molar-refractivity contribution in [3.63, 3.8) is 0 Å². The second-order valence-corrected chi connectivity index (χ2v) is 6.01. The molecule has 2 aromatic rings. The molecule has 2 amide bonds. The first-order chi connectivity index (χ1) is 12.2. The maximum atomic E-state index is 11.7. The van der Waals surface area contributed by atoms with Crippen LogP contribution in [0.2, 0.25) is 0 Å². The van der Waals surface area contributed by atoms with Gasteiger partial charge in [-0.1, -0.05) is 24.3 Å². The number of benzene rings is 1. The van der Waals surface area contributed by atoms with Crippen molar-refractivity contribution in [1.82, 2.24) is 15.6 Å². The van der Waals surface area contributed by atoms with Crippen LogP contribution in [0.3, 0.4) is 0 Å². The van der Waals surface area contributed by atoms with Gasteiger partial charge in [-0.15, -0.1) is 0 Å². The number of carbonyl (C=O) groups is 2. The van der Waals surface area contributed by atoms with Crippen molar-refractivity contribution in [2.45, 2.75) is 18.9 Å². The molecular formula is C18H22N4O3. The number of fused-ring (bicyclic) bond motifs is 1. The molecular weight excluding hydrogens is 320 g/mol. The van der Waals surface area contributed by atoms with Crippen LogP contribution in [-0.2, 0) is 9.53 Å². The van der Waals surface area contributed by atoms with Gasteiger partial charge in [0.05, 0.1) is 0 Å². The minimum Gasteiger partial charge on any atom is -0.439 e. The summed E-state index contributed by atoms with van der Waals surface area (Å²) in [6.45, 7) is 1.35. The largest absolute Gasteiger partial charge is 0.439 e. The molecule has 132 valence electrons. The number of nitrogens with one attached hydrogen (secondary N) is 2. The highest BCUT2D eigenvalue weighted by molar-refractivity contribution is 5.92. The Morgan fingerprint density at radius 1 is 1.24 bits per heavy atom. The first kappa shape index (κ1) is 17.0. The number of ether oxygens (including phenoxy) is 1. The fraction of sp³-hybridized carbons (Fsp3) is 0.389. The number of aromatic nitrogens is 1. The third-order valence-electron chi connectivity index (χ3n) is 4.38. The quantitative estimate of drug-likeness (QED) is 0.883. The van der Waals surface area contributed by atoms with E-state index in [-0.39, 0.29) is 18.6 Å². The molecule has 7 nitrogen and oxygen atoms in total. The summed E-state index contributed by atoms with van der Waals surface area (Å²) in [6.07, 6.45) is 2.89. The molecule has 25 heavy (non-hydrogen) atoms. The van der Waals surface area contributed by atoms with Crippen LogP contribution in [0.15, 0.2) is 36.5 Å². The van der Waals surface area contributed by atoms with Gasteiger partial charge in [-0.2, -0.15) is 0 Å². The highest BCUT2D eigenvalue weighted by Crippen LogP contribution is 2.26. The molecule has 0 saturated carbocycles. The molecule has 3 rings (SSSR count). The lowest BCUT2D eigenvalue weighted by Crippen LogP contribution is -2.45. The maximum absolute atomic E-state index is 11.7. The van der Waals surface area contributed by atoms with Gasteiger partial charge in [-0.3, -0.25) is 4.79 Å². The molecule has 1 aromatic heterocycles. The number of carbonyl (C=O) groups excluding carboxylic acids is 2. The van der Waals surface area contributed by atoms with E-state index in [1.54, 1.807) is 0 Å². The van der Waals surface area contributed by atoms with Gasteiger partial charge in [0.2, 0.25) is 0 Å². The van der Waals surface area contributed by atoms with Gasteiger partial charge in [0.25, 0.3) is 5.91 Å². The molecule has 0 aliphatic carbocycles. The molecule has 0 spiro atoms. The van der Waals surface area contributed by atoms with Gasteiger partial charge in [0.15, 0.2) is 6.61 Å². The molecule has 1 saturated heterocycles. The normalized spacial score (nSPS) is 15.0. The van der Waals surface area contributed by atoms with Gasteiger partial charge in [-0.25, -0.2) is 9.78 Å². The summed E-state index contributed by atoms with van der Waals surface area (Å²) in [5.74, 6) is 0.658. The van der Waals surface area contributed by atoms with Crippen LogP contribution in [0.4, 0.5) is 10.6 Å². The Kier molecular flexibility index (Phi) is 5.33. The number of hydrogen-bond donors (Lipinski definition) is 2. The van der Waals surface area contributed by atoms with Crippen molar-refractivity contribution in [2.24, 2.45) is 0 Å². The summed E-state index contributed by atoms with van der Waals surface area (Å²) in [7, 11) is 1.50. The van der Waals surface area contributed by atoms with E-state index < -0.39 is 6.09 Å². The lowest BCUT2D eigenvalue weighted by Gasteiger charge is -2.33. The van der Waals surface area contributed by atoms with Gasteiger partial charge in [-0.05, 0) is 24.3 Å².